The van der Waals surface area contributed by atoms with Gasteiger partial charge in [-0.05, 0) is 45.6 Å². The fraction of sp³-hybridized carbons (Fsp3) is 0.542. The number of hydrogen-bond acceptors (Lipinski definition) is 13. The first-order valence-corrected chi connectivity index (χ1v) is 13.6. The summed E-state index contributed by atoms with van der Waals surface area (Å²) in [6.45, 7) is 9.32. The highest BCUT2D eigenvalue weighted by Gasteiger charge is 2.30. The average molecular weight is 563 g/mol. The molecule has 1 saturated heterocycles. The molecule has 14 nitrogen and oxygen atoms in total. The minimum absolute atomic E-state index is 0.0766. The topological polar surface area (TPSA) is 170 Å². The number of piperazine rings is 1. The van der Waals surface area contributed by atoms with Gasteiger partial charge in [-0.25, -0.2) is 9.78 Å². The summed E-state index contributed by atoms with van der Waals surface area (Å²) in [5, 5.41) is 12.0. The van der Waals surface area contributed by atoms with Crippen LogP contribution >= 0.6 is 11.8 Å². The maximum absolute atomic E-state index is 12.4. The predicted octanol–water partition coefficient (Wildman–Crippen LogP) is 2.71. The van der Waals surface area contributed by atoms with Crippen LogP contribution in [0.5, 0.6) is 0 Å². The number of anilines is 3. The number of hydrogen-bond donors (Lipinski definition) is 1. The SMILES string of the molecule is CCOC(=O)CN(Cc1ccc(N2CCN(C(=O)OC(C)(C)C)CC2)nc1)c1nc(SC)nc(N)c1[N+](=O)[O-]. The largest absolute Gasteiger partial charge is 0.465 e. The number of esters is 1. The van der Waals surface area contributed by atoms with Crippen molar-refractivity contribution in [2.45, 2.75) is 45.0 Å². The van der Waals surface area contributed by atoms with Crippen molar-refractivity contribution < 1.29 is 24.0 Å². The van der Waals surface area contributed by atoms with Crippen LogP contribution in [0.25, 0.3) is 0 Å². The van der Waals surface area contributed by atoms with Crippen LogP contribution < -0.4 is 15.5 Å². The Bertz CT molecular complexity index is 1180. The zero-order chi connectivity index (χ0) is 28.7. The molecule has 15 heteroatoms. The van der Waals surface area contributed by atoms with Crippen molar-refractivity contribution in [1.82, 2.24) is 19.9 Å². The molecule has 212 valence electrons. The summed E-state index contributed by atoms with van der Waals surface area (Å²) >= 11 is 1.17. The van der Waals surface area contributed by atoms with Crippen molar-refractivity contribution in [2.75, 3.05) is 61.1 Å². The molecule has 0 radical (unpaired) electrons. The Labute approximate surface area is 231 Å². The molecule has 0 bridgehead atoms. The Hall–Kier alpha value is -3.88. The molecule has 0 unspecified atom stereocenters. The summed E-state index contributed by atoms with van der Waals surface area (Å²) in [7, 11) is 0. The lowest BCUT2D eigenvalue weighted by molar-refractivity contribution is -0.383. The smallest absolute Gasteiger partial charge is 0.410 e. The maximum atomic E-state index is 12.4. The first-order chi connectivity index (χ1) is 18.4. The molecule has 2 N–H and O–H groups in total. The van der Waals surface area contributed by atoms with Crippen molar-refractivity contribution in [1.29, 1.82) is 0 Å². The monoisotopic (exact) mass is 562 g/mol. The zero-order valence-electron chi connectivity index (χ0n) is 22.7. The van der Waals surface area contributed by atoms with Crippen LogP contribution in [0.3, 0.4) is 0 Å². The van der Waals surface area contributed by atoms with Gasteiger partial charge in [-0.2, -0.15) is 9.97 Å². The van der Waals surface area contributed by atoms with E-state index in [1.54, 1.807) is 24.3 Å². The summed E-state index contributed by atoms with van der Waals surface area (Å²) in [6.07, 6.45) is 3.02. The van der Waals surface area contributed by atoms with Gasteiger partial charge in [-0.3, -0.25) is 14.9 Å². The van der Waals surface area contributed by atoms with Crippen molar-refractivity contribution in [3.8, 4) is 0 Å². The van der Waals surface area contributed by atoms with Gasteiger partial charge in [-0.15, -0.1) is 0 Å². The highest BCUT2D eigenvalue weighted by atomic mass is 32.2. The predicted molar refractivity (Wildman–Crippen MR) is 147 cm³/mol. The van der Waals surface area contributed by atoms with Crippen LogP contribution in [0.15, 0.2) is 23.5 Å². The van der Waals surface area contributed by atoms with Gasteiger partial charge in [0.05, 0.1) is 11.5 Å². The Morgan fingerprint density at radius 3 is 2.44 bits per heavy atom. The molecule has 2 aromatic heterocycles. The second-order valence-electron chi connectivity index (χ2n) is 9.67. The molecule has 0 spiro atoms. The normalized spacial score (nSPS) is 13.7. The molecule has 3 rings (SSSR count). The van der Waals surface area contributed by atoms with Crippen molar-refractivity contribution in [3.63, 3.8) is 0 Å². The molecule has 1 aliphatic rings. The molecule has 0 aromatic carbocycles. The van der Waals surface area contributed by atoms with E-state index in [1.807, 2.05) is 32.9 Å². The van der Waals surface area contributed by atoms with Crippen LogP contribution in [-0.2, 0) is 20.8 Å². The van der Waals surface area contributed by atoms with Crippen molar-refractivity contribution >= 4 is 47.0 Å². The Morgan fingerprint density at radius 1 is 1.21 bits per heavy atom. The molecular formula is C24H34N8O6S. The summed E-state index contributed by atoms with van der Waals surface area (Å²) in [5.74, 6) is -0.210. The number of rotatable bonds is 9. The van der Waals surface area contributed by atoms with Gasteiger partial charge in [0.25, 0.3) is 0 Å². The summed E-state index contributed by atoms with van der Waals surface area (Å²) in [5.41, 5.74) is 5.53. The second kappa shape index (κ2) is 12.8. The molecular weight excluding hydrogens is 528 g/mol. The van der Waals surface area contributed by atoms with Gasteiger partial charge in [0.2, 0.25) is 11.6 Å². The van der Waals surface area contributed by atoms with Gasteiger partial charge >= 0.3 is 17.7 Å². The number of carbonyl (C=O) groups excluding carboxylic acids is 2. The van der Waals surface area contributed by atoms with E-state index in [4.69, 9.17) is 15.2 Å². The third-order valence-electron chi connectivity index (χ3n) is 5.60. The number of amides is 1. The van der Waals surface area contributed by atoms with Crippen LogP contribution in [0.2, 0.25) is 0 Å². The molecule has 39 heavy (non-hydrogen) atoms. The third kappa shape index (κ3) is 8.05. The van der Waals surface area contributed by atoms with E-state index in [2.05, 4.69) is 19.9 Å². The van der Waals surface area contributed by atoms with Crippen LogP contribution in [0, 0.1) is 10.1 Å². The molecule has 0 saturated carbocycles. The molecule has 0 aliphatic carbocycles. The van der Waals surface area contributed by atoms with Gasteiger partial charge in [-0.1, -0.05) is 17.8 Å². The lowest BCUT2D eigenvalue weighted by Gasteiger charge is -2.36. The fourth-order valence-corrected chi connectivity index (χ4v) is 4.22. The lowest BCUT2D eigenvalue weighted by atomic mass is 10.2. The van der Waals surface area contributed by atoms with E-state index in [-0.39, 0.29) is 42.6 Å². The average Bonchev–Trinajstić information content (AvgIpc) is 2.87. The van der Waals surface area contributed by atoms with Gasteiger partial charge < -0.3 is 29.9 Å². The third-order valence-corrected chi connectivity index (χ3v) is 6.15. The van der Waals surface area contributed by atoms with E-state index in [9.17, 15) is 19.7 Å². The van der Waals surface area contributed by atoms with Gasteiger partial charge in [0.15, 0.2) is 5.16 Å². The van der Waals surface area contributed by atoms with Crippen molar-refractivity contribution in [2.24, 2.45) is 0 Å². The van der Waals surface area contributed by atoms with Crippen molar-refractivity contribution in [3.05, 3.63) is 34.0 Å². The quantitative estimate of drug-likeness (QED) is 0.156. The number of nitrogens with zero attached hydrogens (tertiary/aromatic N) is 7. The van der Waals surface area contributed by atoms with Crippen LogP contribution in [0.1, 0.15) is 33.3 Å². The van der Waals surface area contributed by atoms with E-state index in [1.165, 1.54) is 16.7 Å². The molecule has 1 amide bonds. The first kappa shape index (κ1) is 29.7. The molecule has 2 aromatic rings. The van der Waals surface area contributed by atoms with Crippen LogP contribution in [-0.4, -0.2) is 88.0 Å². The Balaban J connectivity index is 1.77. The van der Waals surface area contributed by atoms with Crippen LogP contribution in [0.4, 0.5) is 27.9 Å². The lowest BCUT2D eigenvalue weighted by Crippen LogP contribution is -2.50. The number of nitro groups is 1. The molecule has 1 fully saturated rings. The first-order valence-electron chi connectivity index (χ1n) is 12.4. The minimum Gasteiger partial charge on any atom is -0.465 e. The van der Waals surface area contributed by atoms with E-state index < -0.39 is 22.2 Å². The van der Waals surface area contributed by atoms with E-state index >= 15 is 0 Å². The Morgan fingerprint density at radius 2 is 1.90 bits per heavy atom. The summed E-state index contributed by atoms with van der Waals surface area (Å²) in [6, 6.07) is 3.66. The summed E-state index contributed by atoms with van der Waals surface area (Å²) in [4.78, 5) is 53.8. The number of carbonyl (C=O) groups is 2. The number of pyridine rings is 1. The number of ether oxygens (including phenoxy) is 2. The standard InChI is InChI=1S/C24H34N8O6S/c1-6-37-18(33)15-31(21-19(32(35)36)20(25)27-22(28-21)39-5)14-16-7-8-17(26-13-16)29-9-11-30(12-10-29)23(34)38-24(2,3)4/h7-8,13H,6,9-12,14-15H2,1-5H3,(H2,25,27,28). The highest BCUT2D eigenvalue weighted by Crippen LogP contribution is 2.33. The minimum atomic E-state index is -0.662. The second-order valence-corrected chi connectivity index (χ2v) is 10.4. The number of nitrogens with two attached hydrogens (primary N) is 1. The number of nitrogen functional groups attached to an aromatic ring is 1. The highest BCUT2D eigenvalue weighted by molar-refractivity contribution is 7.98. The van der Waals surface area contributed by atoms with Gasteiger partial charge in [0, 0.05) is 38.9 Å². The summed E-state index contributed by atoms with van der Waals surface area (Å²) < 4.78 is 10.5. The fourth-order valence-electron chi connectivity index (χ4n) is 3.86. The van der Waals surface area contributed by atoms with E-state index in [0.29, 0.717) is 31.7 Å². The molecule has 3 heterocycles. The molecule has 0 atom stereocenters. The van der Waals surface area contributed by atoms with Gasteiger partial charge in [0.1, 0.15) is 18.0 Å². The Kier molecular flexibility index (Phi) is 9.72. The maximum Gasteiger partial charge on any atom is 0.410 e. The number of aromatic nitrogens is 3. The van der Waals surface area contributed by atoms with E-state index in [0.717, 1.165) is 5.82 Å². The zero-order valence-corrected chi connectivity index (χ0v) is 23.6. The molecule has 1 aliphatic heterocycles. The number of thioether (sulfide) groups is 1.